The number of morpholine rings is 1. The third-order valence-corrected chi connectivity index (χ3v) is 5.39. The molecule has 3 N–H and O–H groups in total. The van der Waals surface area contributed by atoms with Crippen molar-refractivity contribution in [3.05, 3.63) is 16.1 Å². The van der Waals surface area contributed by atoms with Gasteiger partial charge in [0.1, 0.15) is 0 Å². The Morgan fingerprint density at radius 1 is 1.36 bits per heavy atom. The smallest absolute Gasteiger partial charge is 0.191 e. The third-order valence-electron chi connectivity index (χ3n) is 4.37. The van der Waals surface area contributed by atoms with Crippen molar-refractivity contribution in [2.45, 2.75) is 45.6 Å². The first-order valence-corrected chi connectivity index (χ1v) is 10.8. The van der Waals surface area contributed by atoms with Crippen molar-refractivity contribution in [1.82, 2.24) is 20.5 Å². The highest BCUT2D eigenvalue weighted by atomic mass is 127. The van der Waals surface area contributed by atoms with Gasteiger partial charge in [-0.3, -0.25) is 9.89 Å². The molecule has 1 aromatic heterocycles. The van der Waals surface area contributed by atoms with Crippen LogP contribution in [0, 0.1) is 6.92 Å². The summed E-state index contributed by atoms with van der Waals surface area (Å²) in [7, 11) is 0. The number of nitrogens with zero attached hydrogens (tertiary/aromatic N) is 3. The summed E-state index contributed by atoms with van der Waals surface area (Å²) in [6, 6.07) is 0. The molecule has 7 nitrogen and oxygen atoms in total. The molecular weight excluding hydrogens is 489 g/mol. The Labute approximate surface area is 190 Å². The van der Waals surface area contributed by atoms with Crippen molar-refractivity contribution < 1.29 is 9.84 Å². The molecule has 0 amide bonds. The Kier molecular flexibility index (Phi) is 12.5. The summed E-state index contributed by atoms with van der Waals surface area (Å²) < 4.78 is 5.36. The van der Waals surface area contributed by atoms with E-state index in [0.29, 0.717) is 13.1 Å². The fraction of sp³-hybridized carbons (Fsp3) is 0.789. The van der Waals surface area contributed by atoms with Crippen molar-refractivity contribution in [3.8, 4) is 0 Å². The quantitative estimate of drug-likeness (QED) is 0.188. The van der Waals surface area contributed by atoms with E-state index >= 15 is 0 Å². The first kappa shape index (κ1) is 25.5. The second-order valence-corrected chi connectivity index (χ2v) is 8.29. The van der Waals surface area contributed by atoms with Crippen molar-refractivity contribution in [1.29, 1.82) is 0 Å². The van der Waals surface area contributed by atoms with Gasteiger partial charge in [-0.15, -0.1) is 35.3 Å². The summed E-state index contributed by atoms with van der Waals surface area (Å²) in [6.07, 6.45) is 3.20. The van der Waals surface area contributed by atoms with E-state index in [0.717, 1.165) is 70.3 Å². The van der Waals surface area contributed by atoms with E-state index in [1.165, 1.54) is 5.01 Å². The fourth-order valence-electron chi connectivity index (χ4n) is 3.01. The van der Waals surface area contributed by atoms with E-state index in [-0.39, 0.29) is 24.0 Å². The molecule has 162 valence electrons. The van der Waals surface area contributed by atoms with Crippen LogP contribution in [0.25, 0.3) is 0 Å². The zero-order valence-electron chi connectivity index (χ0n) is 17.4. The second kappa shape index (κ2) is 13.7. The number of hydrogen-bond acceptors (Lipinski definition) is 6. The molecule has 0 spiro atoms. The number of unbranched alkanes of at least 4 members (excludes halogenated alkanes) is 1. The summed E-state index contributed by atoms with van der Waals surface area (Å²) >= 11 is 1.74. The number of aliphatic hydroxyl groups is 1. The Hall–Kier alpha value is -0.490. The lowest BCUT2D eigenvalue weighted by molar-refractivity contribution is -0.0179. The number of rotatable bonds is 10. The number of aryl methyl sites for hydroxylation is 2. The molecule has 2 rings (SSSR count). The second-order valence-electron chi connectivity index (χ2n) is 7.35. The summed E-state index contributed by atoms with van der Waals surface area (Å²) in [5.41, 5.74) is 0.265. The number of thiazole rings is 1. The molecule has 1 atom stereocenters. The van der Waals surface area contributed by atoms with Gasteiger partial charge in [-0.2, -0.15) is 0 Å². The molecule has 9 heteroatoms. The standard InChI is InChI=1S/C19H35N5O2S.HI/c1-4-20-18(21-8-6-5-7-17-23-16(2)13-27-17)22-14-19(3,25)15-24-9-11-26-12-10-24;/h13,25H,4-12,14-15H2,1-3H3,(H2,20,21,22);1H. The Bertz CT molecular complexity index is 576. The van der Waals surface area contributed by atoms with Crippen molar-refractivity contribution in [3.63, 3.8) is 0 Å². The largest absolute Gasteiger partial charge is 0.387 e. The minimum Gasteiger partial charge on any atom is -0.387 e. The van der Waals surface area contributed by atoms with Crippen LogP contribution >= 0.6 is 35.3 Å². The zero-order chi connectivity index (χ0) is 19.5. The van der Waals surface area contributed by atoms with Gasteiger partial charge in [0.15, 0.2) is 5.96 Å². The van der Waals surface area contributed by atoms with E-state index in [4.69, 9.17) is 4.74 Å². The fourth-order valence-corrected chi connectivity index (χ4v) is 3.83. The van der Waals surface area contributed by atoms with Gasteiger partial charge < -0.3 is 20.5 Å². The van der Waals surface area contributed by atoms with Crippen LogP contribution in [0.1, 0.15) is 37.4 Å². The average Bonchev–Trinajstić information content (AvgIpc) is 3.05. The van der Waals surface area contributed by atoms with Crippen LogP contribution in [0.3, 0.4) is 0 Å². The molecule has 0 aliphatic carbocycles. The minimum absolute atomic E-state index is 0. The van der Waals surface area contributed by atoms with E-state index in [9.17, 15) is 5.11 Å². The number of ether oxygens (including phenoxy) is 1. The molecule has 2 heterocycles. The first-order chi connectivity index (χ1) is 13.0. The number of aromatic nitrogens is 1. The summed E-state index contributed by atoms with van der Waals surface area (Å²) in [5, 5.41) is 20.6. The highest BCUT2D eigenvalue weighted by Crippen LogP contribution is 2.11. The number of nitrogens with one attached hydrogen (secondary N) is 2. The van der Waals surface area contributed by atoms with Gasteiger partial charge in [0.25, 0.3) is 0 Å². The molecule has 1 aliphatic heterocycles. The average molecular weight is 526 g/mol. The molecule has 1 aromatic rings. The van der Waals surface area contributed by atoms with Gasteiger partial charge in [0, 0.05) is 43.8 Å². The molecule has 0 aromatic carbocycles. The lowest BCUT2D eigenvalue weighted by atomic mass is 10.1. The van der Waals surface area contributed by atoms with Crippen LogP contribution in [0.4, 0.5) is 0 Å². The highest BCUT2D eigenvalue weighted by Gasteiger charge is 2.25. The van der Waals surface area contributed by atoms with Gasteiger partial charge in [0.05, 0.1) is 30.4 Å². The number of β-amino-alcohol motifs (C(OH)–C–C–N with tert-alkyl or cyclic N) is 1. The number of hydrogen-bond donors (Lipinski definition) is 3. The van der Waals surface area contributed by atoms with Crippen LogP contribution in [-0.2, 0) is 11.2 Å². The maximum absolute atomic E-state index is 10.7. The molecule has 1 aliphatic rings. The lowest BCUT2D eigenvalue weighted by Gasteiger charge is -2.33. The van der Waals surface area contributed by atoms with Crippen LogP contribution in [0.15, 0.2) is 10.4 Å². The Morgan fingerprint density at radius 2 is 2.11 bits per heavy atom. The van der Waals surface area contributed by atoms with Gasteiger partial charge in [-0.25, -0.2) is 4.98 Å². The van der Waals surface area contributed by atoms with Gasteiger partial charge in [-0.1, -0.05) is 0 Å². The monoisotopic (exact) mass is 525 g/mol. The summed E-state index contributed by atoms with van der Waals surface area (Å²) in [4.78, 5) is 11.3. The molecule has 0 radical (unpaired) electrons. The highest BCUT2D eigenvalue weighted by molar-refractivity contribution is 14.0. The molecule has 1 unspecified atom stereocenters. The van der Waals surface area contributed by atoms with E-state index < -0.39 is 5.60 Å². The molecule has 0 bridgehead atoms. The van der Waals surface area contributed by atoms with Crippen LogP contribution in [-0.4, -0.2) is 79.0 Å². The van der Waals surface area contributed by atoms with Crippen molar-refractivity contribution in [2.75, 3.05) is 52.5 Å². The molecule has 28 heavy (non-hydrogen) atoms. The van der Waals surface area contributed by atoms with Crippen LogP contribution in [0.5, 0.6) is 0 Å². The summed E-state index contributed by atoms with van der Waals surface area (Å²) in [5.74, 6) is 0.768. The molecule has 1 fully saturated rings. The normalized spacial score (nSPS) is 17.6. The van der Waals surface area contributed by atoms with Gasteiger partial charge in [0.2, 0.25) is 0 Å². The van der Waals surface area contributed by atoms with Crippen molar-refractivity contribution >= 4 is 41.3 Å². The SMILES string of the molecule is CCNC(=NCC(C)(O)CN1CCOCC1)NCCCCc1nc(C)cs1.I. The van der Waals surface area contributed by atoms with Gasteiger partial charge in [-0.05, 0) is 40.0 Å². The number of aliphatic imine (C=N–C) groups is 1. The predicted octanol–water partition coefficient (Wildman–Crippen LogP) is 2.03. The Balaban J connectivity index is 0.00000392. The molecule has 0 saturated carbocycles. The summed E-state index contributed by atoms with van der Waals surface area (Å²) in [6.45, 7) is 11.8. The predicted molar refractivity (Wildman–Crippen MR) is 127 cm³/mol. The lowest BCUT2D eigenvalue weighted by Crippen LogP contribution is -2.48. The topological polar surface area (TPSA) is 82.0 Å². The molecular formula is C19H36IN5O2S. The first-order valence-electron chi connectivity index (χ1n) is 9.94. The van der Waals surface area contributed by atoms with E-state index in [1.54, 1.807) is 11.3 Å². The van der Waals surface area contributed by atoms with Crippen LogP contribution < -0.4 is 10.6 Å². The van der Waals surface area contributed by atoms with E-state index in [1.807, 2.05) is 20.8 Å². The van der Waals surface area contributed by atoms with E-state index in [2.05, 4.69) is 30.9 Å². The third kappa shape index (κ3) is 10.3. The van der Waals surface area contributed by atoms with Crippen molar-refractivity contribution in [2.24, 2.45) is 4.99 Å². The number of guanidine groups is 1. The number of halogens is 1. The zero-order valence-corrected chi connectivity index (χ0v) is 20.5. The Morgan fingerprint density at radius 3 is 2.75 bits per heavy atom. The minimum atomic E-state index is -0.845. The van der Waals surface area contributed by atoms with Gasteiger partial charge >= 0.3 is 0 Å². The van der Waals surface area contributed by atoms with Crippen LogP contribution in [0.2, 0.25) is 0 Å². The molecule has 1 saturated heterocycles. The maximum atomic E-state index is 10.7. The maximum Gasteiger partial charge on any atom is 0.191 e.